The van der Waals surface area contributed by atoms with E-state index in [0.717, 1.165) is 36.3 Å². The maximum atomic E-state index is 6.02. The highest BCUT2D eigenvalue weighted by Crippen LogP contribution is 2.61. The van der Waals surface area contributed by atoms with Gasteiger partial charge in [0.1, 0.15) is 0 Å². The van der Waals surface area contributed by atoms with Gasteiger partial charge in [-0.25, -0.2) is 0 Å². The third-order valence-corrected chi connectivity index (χ3v) is 7.17. The average Bonchev–Trinajstić information content (AvgIpc) is 2.44. The lowest BCUT2D eigenvalue weighted by Crippen LogP contribution is -2.56. The molecule has 1 heterocycles. The molecule has 0 amide bonds. The molecule has 1 atom stereocenters. The summed E-state index contributed by atoms with van der Waals surface area (Å²) in [5.41, 5.74) is 6.76. The van der Waals surface area contributed by atoms with E-state index in [-0.39, 0.29) is 0 Å². The number of nitrogens with zero attached hydrogens (tertiary/aromatic N) is 2. The van der Waals surface area contributed by atoms with Gasteiger partial charge in [0.05, 0.1) is 0 Å². The van der Waals surface area contributed by atoms with Crippen LogP contribution in [0.1, 0.15) is 44.9 Å². The van der Waals surface area contributed by atoms with Gasteiger partial charge in [0.2, 0.25) is 0 Å². The molecule has 5 aliphatic rings. The number of likely N-dealkylation sites (N-methyl/N-ethyl adjacent to an activating group) is 1. The second-order valence-corrected chi connectivity index (χ2v) is 8.86. The Kier molecular flexibility index (Phi) is 3.79. The van der Waals surface area contributed by atoms with Crippen molar-refractivity contribution in [3.8, 4) is 0 Å². The lowest BCUT2D eigenvalue weighted by Gasteiger charge is -2.57. The molecule has 5 fully saturated rings. The Morgan fingerprint density at radius 1 is 1.00 bits per heavy atom. The number of nitrogens with two attached hydrogens (primary N) is 1. The van der Waals surface area contributed by atoms with Crippen molar-refractivity contribution in [1.29, 1.82) is 0 Å². The van der Waals surface area contributed by atoms with Crippen molar-refractivity contribution in [3.05, 3.63) is 0 Å². The van der Waals surface area contributed by atoms with E-state index < -0.39 is 0 Å². The van der Waals surface area contributed by atoms with Crippen LogP contribution in [0.15, 0.2) is 0 Å². The van der Waals surface area contributed by atoms with E-state index in [0.29, 0.717) is 6.04 Å². The van der Waals surface area contributed by atoms with Crippen LogP contribution < -0.4 is 5.73 Å². The Morgan fingerprint density at radius 3 is 2.19 bits per heavy atom. The normalized spacial score (nSPS) is 47.1. The predicted octanol–water partition coefficient (Wildman–Crippen LogP) is 2.17. The molecular weight excluding hydrogens is 258 g/mol. The van der Waals surface area contributed by atoms with Gasteiger partial charge in [-0.1, -0.05) is 0 Å². The molecule has 1 saturated heterocycles. The van der Waals surface area contributed by atoms with Crippen molar-refractivity contribution < 1.29 is 0 Å². The Hall–Kier alpha value is -0.120. The van der Waals surface area contributed by atoms with Gasteiger partial charge < -0.3 is 10.6 Å². The van der Waals surface area contributed by atoms with Crippen LogP contribution in [0.25, 0.3) is 0 Å². The zero-order valence-corrected chi connectivity index (χ0v) is 13.8. The van der Waals surface area contributed by atoms with Crippen LogP contribution >= 0.6 is 0 Å². The highest BCUT2D eigenvalue weighted by molar-refractivity contribution is 5.01. The van der Waals surface area contributed by atoms with Gasteiger partial charge in [0, 0.05) is 32.2 Å². The van der Waals surface area contributed by atoms with Crippen LogP contribution in [-0.2, 0) is 0 Å². The number of piperazine rings is 1. The molecule has 0 aromatic rings. The van der Waals surface area contributed by atoms with E-state index in [1.54, 1.807) is 38.5 Å². The van der Waals surface area contributed by atoms with Crippen molar-refractivity contribution in [1.82, 2.24) is 9.80 Å². The van der Waals surface area contributed by atoms with Gasteiger partial charge >= 0.3 is 0 Å². The van der Waals surface area contributed by atoms with E-state index in [1.165, 1.54) is 26.1 Å². The Balaban J connectivity index is 1.38. The number of hydrogen-bond donors (Lipinski definition) is 1. The molecule has 0 spiro atoms. The molecule has 21 heavy (non-hydrogen) atoms. The minimum absolute atomic E-state index is 0.595. The molecule has 1 aliphatic heterocycles. The lowest BCUT2D eigenvalue weighted by molar-refractivity contribution is -0.0642. The SMILES string of the molecule is CN1CCN(CCC23CC4CC(CC(C4)C2)C3)C(CN)C1. The van der Waals surface area contributed by atoms with Gasteiger partial charge in [-0.15, -0.1) is 0 Å². The highest BCUT2D eigenvalue weighted by atomic mass is 15.3. The quantitative estimate of drug-likeness (QED) is 0.861. The third kappa shape index (κ3) is 2.77. The smallest absolute Gasteiger partial charge is 0.0346 e. The Labute approximate surface area is 130 Å². The van der Waals surface area contributed by atoms with Crippen molar-refractivity contribution in [3.63, 3.8) is 0 Å². The van der Waals surface area contributed by atoms with Crippen molar-refractivity contribution in [2.24, 2.45) is 28.9 Å². The van der Waals surface area contributed by atoms with E-state index >= 15 is 0 Å². The fourth-order valence-electron chi connectivity index (χ4n) is 6.54. The average molecular weight is 291 g/mol. The summed E-state index contributed by atoms with van der Waals surface area (Å²) in [5, 5.41) is 0. The van der Waals surface area contributed by atoms with E-state index in [9.17, 15) is 0 Å². The van der Waals surface area contributed by atoms with Crippen LogP contribution in [-0.4, -0.2) is 55.6 Å². The zero-order chi connectivity index (χ0) is 14.4. The summed E-state index contributed by atoms with van der Waals surface area (Å²) in [6, 6.07) is 0.595. The summed E-state index contributed by atoms with van der Waals surface area (Å²) in [5.74, 6) is 3.28. The third-order valence-electron chi connectivity index (χ3n) is 7.17. The lowest BCUT2D eigenvalue weighted by atomic mass is 9.49. The number of hydrogen-bond acceptors (Lipinski definition) is 3. The summed E-state index contributed by atoms with van der Waals surface area (Å²) >= 11 is 0. The van der Waals surface area contributed by atoms with Gasteiger partial charge in [0.25, 0.3) is 0 Å². The Morgan fingerprint density at radius 2 is 1.62 bits per heavy atom. The molecule has 0 radical (unpaired) electrons. The minimum Gasteiger partial charge on any atom is -0.329 e. The first-order valence-electron chi connectivity index (χ1n) is 9.28. The first-order valence-corrected chi connectivity index (χ1v) is 9.28. The molecule has 3 nitrogen and oxygen atoms in total. The topological polar surface area (TPSA) is 32.5 Å². The second kappa shape index (κ2) is 5.50. The number of rotatable bonds is 4. The monoisotopic (exact) mass is 291 g/mol. The van der Waals surface area contributed by atoms with Gasteiger partial charge in [-0.05, 0) is 81.7 Å². The summed E-state index contributed by atoms with van der Waals surface area (Å²) < 4.78 is 0. The van der Waals surface area contributed by atoms with Crippen LogP contribution in [0.5, 0.6) is 0 Å². The molecule has 1 unspecified atom stereocenters. The van der Waals surface area contributed by atoms with Gasteiger partial charge in [0.15, 0.2) is 0 Å². The van der Waals surface area contributed by atoms with E-state index in [1.807, 2.05) is 0 Å². The van der Waals surface area contributed by atoms with Gasteiger partial charge in [-0.2, -0.15) is 0 Å². The molecule has 4 bridgehead atoms. The van der Waals surface area contributed by atoms with Gasteiger partial charge in [-0.3, -0.25) is 4.90 Å². The van der Waals surface area contributed by atoms with Crippen LogP contribution in [0.2, 0.25) is 0 Å². The molecule has 120 valence electrons. The Bertz CT molecular complexity index is 345. The van der Waals surface area contributed by atoms with Crippen LogP contribution in [0.3, 0.4) is 0 Å². The fraction of sp³-hybridized carbons (Fsp3) is 1.00. The van der Waals surface area contributed by atoms with Crippen LogP contribution in [0, 0.1) is 23.2 Å². The summed E-state index contributed by atoms with van der Waals surface area (Å²) in [7, 11) is 2.24. The van der Waals surface area contributed by atoms with Crippen molar-refractivity contribution in [2.75, 3.05) is 39.8 Å². The van der Waals surface area contributed by atoms with Crippen LogP contribution in [0.4, 0.5) is 0 Å². The molecule has 4 aliphatic carbocycles. The fourth-order valence-corrected chi connectivity index (χ4v) is 6.54. The summed E-state index contributed by atoms with van der Waals surface area (Å²) in [4.78, 5) is 5.15. The molecule has 2 N–H and O–H groups in total. The van der Waals surface area contributed by atoms with Crippen molar-refractivity contribution >= 4 is 0 Å². The standard InChI is InChI=1S/C18H33N3/c1-20-4-5-21(17(12-19)13-20)3-2-18-9-14-6-15(10-18)8-16(7-14)11-18/h14-17H,2-13,19H2,1H3. The molecule has 3 heteroatoms. The van der Waals surface area contributed by atoms with E-state index in [4.69, 9.17) is 5.73 Å². The summed E-state index contributed by atoms with van der Waals surface area (Å²) in [6.07, 6.45) is 10.8. The summed E-state index contributed by atoms with van der Waals surface area (Å²) in [6.45, 7) is 5.74. The first-order chi connectivity index (χ1) is 10.2. The maximum absolute atomic E-state index is 6.02. The predicted molar refractivity (Wildman–Crippen MR) is 87.1 cm³/mol. The van der Waals surface area contributed by atoms with E-state index in [2.05, 4.69) is 16.8 Å². The molecule has 4 saturated carbocycles. The first kappa shape index (κ1) is 14.5. The molecular formula is C18H33N3. The molecule has 5 rings (SSSR count). The molecule has 0 aromatic heterocycles. The molecule has 0 aromatic carbocycles. The second-order valence-electron chi connectivity index (χ2n) is 8.86. The largest absolute Gasteiger partial charge is 0.329 e. The highest BCUT2D eigenvalue weighted by Gasteiger charge is 2.50. The maximum Gasteiger partial charge on any atom is 0.0346 e. The zero-order valence-electron chi connectivity index (χ0n) is 13.8. The van der Waals surface area contributed by atoms with Crippen molar-refractivity contribution in [2.45, 2.75) is 51.0 Å². The minimum atomic E-state index is 0.595.